The van der Waals surface area contributed by atoms with Crippen molar-refractivity contribution in [3.05, 3.63) is 29.3 Å². The van der Waals surface area contributed by atoms with Crippen LogP contribution in [0.1, 0.15) is 15.9 Å². The highest BCUT2D eigenvalue weighted by Crippen LogP contribution is 2.19. The normalized spacial score (nSPS) is 9.21. The number of carbonyl (C=O) groups is 1. The summed E-state index contributed by atoms with van der Waals surface area (Å²) in [6, 6.07) is 7.05. The molecule has 4 heteroatoms. The maximum atomic E-state index is 11.2. The zero-order valence-electron chi connectivity index (χ0n) is 7.90. The lowest BCUT2D eigenvalue weighted by atomic mass is 10.1. The molecule has 3 nitrogen and oxygen atoms in total. The summed E-state index contributed by atoms with van der Waals surface area (Å²) in [7, 11) is 1.30. The van der Waals surface area contributed by atoms with E-state index in [9.17, 15) is 4.79 Å². The van der Waals surface area contributed by atoms with Crippen LogP contribution in [0.25, 0.3) is 0 Å². The van der Waals surface area contributed by atoms with Gasteiger partial charge in [-0.25, -0.2) is 4.79 Å². The summed E-state index contributed by atoms with van der Waals surface area (Å²) in [5, 5.41) is 8.82. The Labute approximate surface area is 86.7 Å². The topological polar surface area (TPSA) is 50.1 Å². The lowest BCUT2D eigenvalue weighted by Gasteiger charge is -2.03. The van der Waals surface area contributed by atoms with Crippen molar-refractivity contribution in [3.8, 4) is 6.07 Å². The van der Waals surface area contributed by atoms with E-state index in [1.54, 1.807) is 18.2 Å². The molecule has 0 radical (unpaired) electrons. The SMILES string of the molecule is COC(=O)c1ccc(SC)cc1C#N. The van der Waals surface area contributed by atoms with E-state index in [1.807, 2.05) is 12.3 Å². The largest absolute Gasteiger partial charge is 0.465 e. The number of hydrogen-bond acceptors (Lipinski definition) is 4. The predicted octanol–water partition coefficient (Wildman–Crippen LogP) is 2.07. The summed E-state index contributed by atoms with van der Waals surface area (Å²) in [5.74, 6) is -0.478. The van der Waals surface area contributed by atoms with Crippen molar-refractivity contribution in [3.63, 3.8) is 0 Å². The summed E-state index contributed by atoms with van der Waals surface area (Å²) >= 11 is 1.52. The summed E-state index contributed by atoms with van der Waals surface area (Å²) in [6.07, 6.45) is 1.91. The Morgan fingerprint density at radius 3 is 2.79 bits per heavy atom. The molecule has 1 rings (SSSR count). The molecule has 0 aliphatic rings. The van der Waals surface area contributed by atoms with Crippen molar-refractivity contribution < 1.29 is 9.53 Å². The minimum atomic E-state index is -0.478. The van der Waals surface area contributed by atoms with Gasteiger partial charge in [-0.05, 0) is 24.5 Å². The molecule has 1 aromatic carbocycles. The van der Waals surface area contributed by atoms with Crippen molar-refractivity contribution in [2.75, 3.05) is 13.4 Å². The van der Waals surface area contributed by atoms with Crippen molar-refractivity contribution >= 4 is 17.7 Å². The number of benzene rings is 1. The Kier molecular flexibility index (Phi) is 3.55. The number of rotatable bonds is 2. The zero-order valence-corrected chi connectivity index (χ0v) is 8.72. The molecule has 72 valence electrons. The van der Waals surface area contributed by atoms with Crippen LogP contribution >= 0.6 is 11.8 Å². The Balaban J connectivity index is 3.20. The fourth-order valence-corrected chi connectivity index (χ4v) is 1.47. The molecule has 0 fully saturated rings. The summed E-state index contributed by atoms with van der Waals surface area (Å²) in [4.78, 5) is 12.2. The molecular weight excluding hydrogens is 198 g/mol. The van der Waals surface area contributed by atoms with E-state index >= 15 is 0 Å². The first-order valence-corrected chi connectivity index (χ1v) is 5.12. The molecule has 0 unspecified atom stereocenters. The van der Waals surface area contributed by atoms with E-state index in [4.69, 9.17) is 5.26 Å². The Morgan fingerprint density at radius 2 is 2.29 bits per heavy atom. The number of hydrogen-bond donors (Lipinski definition) is 0. The van der Waals surface area contributed by atoms with E-state index < -0.39 is 5.97 Å². The number of nitrogens with zero attached hydrogens (tertiary/aromatic N) is 1. The molecule has 0 aliphatic carbocycles. The van der Waals surface area contributed by atoms with E-state index in [-0.39, 0.29) is 0 Å². The number of carbonyl (C=O) groups excluding carboxylic acids is 1. The van der Waals surface area contributed by atoms with Gasteiger partial charge in [-0.15, -0.1) is 11.8 Å². The first-order chi connectivity index (χ1) is 6.72. The van der Waals surface area contributed by atoms with Gasteiger partial charge in [-0.3, -0.25) is 0 Å². The molecule has 0 saturated heterocycles. The van der Waals surface area contributed by atoms with Gasteiger partial charge in [0.15, 0.2) is 0 Å². The lowest BCUT2D eigenvalue weighted by Crippen LogP contribution is -2.03. The van der Waals surface area contributed by atoms with Crippen LogP contribution in [-0.4, -0.2) is 19.3 Å². The highest BCUT2D eigenvalue weighted by Gasteiger charge is 2.11. The summed E-state index contributed by atoms with van der Waals surface area (Å²) in [5.41, 5.74) is 0.663. The number of nitriles is 1. The molecule has 0 spiro atoms. The van der Waals surface area contributed by atoms with Crippen LogP contribution in [0.3, 0.4) is 0 Å². The van der Waals surface area contributed by atoms with Crippen molar-refractivity contribution in [1.82, 2.24) is 0 Å². The second kappa shape index (κ2) is 4.68. The molecule has 0 aliphatic heterocycles. The Morgan fingerprint density at radius 1 is 1.57 bits per heavy atom. The molecular formula is C10H9NO2S. The van der Waals surface area contributed by atoms with Crippen LogP contribution in [0, 0.1) is 11.3 Å². The number of methoxy groups -OCH3 is 1. The summed E-state index contributed by atoms with van der Waals surface area (Å²) < 4.78 is 4.56. The molecule has 0 amide bonds. The van der Waals surface area contributed by atoms with Gasteiger partial charge in [-0.2, -0.15) is 5.26 Å². The summed E-state index contributed by atoms with van der Waals surface area (Å²) in [6.45, 7) is 0. The monoisotopic (exact) mass is 207 g/mol. The maximum Gasteiger partial charge on any atom is 0.339 e. The van der Waals surface area contributed by atoms with Crippen molar-refractivity contribution in [2.45, 2.75) is 4.90 Å². The number of esters is 1. The minimum absolute atomic E-state index is 0.313. The van der Waals surface area contributed by atoms with E-state index in [2.05, 4.69) is 4.74 Å². The molecule has 14 heavy (non-hydrogen) atoms. The fraction of sp³-hybridized carbons (Fsp3) is 0.200. The van der Waals surface area contributed by atoms with Gasteiger partial charge in [0.1, 0.15) is 6.07 Å². The van der Waals surface area contributed by atoms with Gasteiger partial charge in [0.2, 0.25) is 0 Å². The maximum absolute atomic E-state index is 11.2. The predicted molar refractivity (Wildman–Crippen MR) is 54.3 cm³/mol. The number of thioether (sulfide) groups is 1. The van der Waals surface area contributed by atoms with E-state index in [0.717, 1.165) is 4.90 Å². The van der Waals surface area contributed by atoms with Gasteiger partial charge >= 0.3 is 5.97 Å². The van der Waals surface area contributed by atoms with Crippen LogP contribution in [-0.2, 0) is 4.74 Å². The molecule has 0 bridgehead atoms. The van der Waals surface area contributed by atoms with Crippen LogP contribution in [0.2, 0.25) is 0 Å². The van der Waals surface area contributed by atoms with Crippen LogP contribution < -0.4 is 0 Å². The van der Waals surface area contributed by atoms with Crippen LogP contribution in [0.15, 0.2) is 23.1 Å². The highest BCUT2D eigenvalue weighted by atomic mass is 32.2. The second-order valence-corrected chi connectivity index (χ2v) is 3.39. The van der Waals surface area contributed by atoms with Gasteiger partial charge in [0.05, 0.1) is 18.2 Å². The first kappa shape index (κ1) is 10.6. The van der Waals surface area contributed by atoms with Crippen molar-refractivity contribution in [2.24, 2.45) is 0 Å². The highest BCUT2D eigenvalue weighted by molar-refractivity contribution is 7.98. The Bertz CT molecular complexity index is 396. The molecule has 0 heterocycles. The zero-order chi connectivity index (χ0) is 10.6. The van der Waals surface area contributed by atoms with Crippen LogP contribution in [0.5, 0.6) is 0 Å². The van der Waals surface area contributed by atoms with Gasteiger partial charge in [0.25, 0.3) is 0 Å². The lowest BCUT2D eigenvalue weighted by molar-refractivity contribution is 0.0600. The fourth-order valence-electron chi connectivity index (χ4n) is 1.03. The third-order valence-corrected chi connectivity index (χ3v) is 2.48. The van der Waals surface area contributed by atoms with Gasteiger partial charge < -0.3 is 4.74 Å². The average Bonchev–Trinajstić information content (AvgIpc) is 2.27. The van der Waals surface area contributed by atoms with Crippen molar-refractivity contribution in [1.29, 1.82) is 5.26 Å². The third-order valence-electron chi connectivity index (χ3n) is 1.75. The number of ether oxygens (including phenoxy) is 1. The van der Waals surface area contributed by atoms with E-state index in [0.29, 0.717) is 11.1 Å². The third kappa shape index (κ3) is 2.06. The van der Waals surface area contributed by atoms with Gasteiger partial charge in [-0.1, -0.05) is 0 Å². The Hall–Kier alpha value is -1.47. The molecule has 0 N–H and O–H groups in total. The molecule has 0 aromatic heterocycles. The van der Waals surface area contributed by atoms with E-state index in [1.165, 1.54) is 18.9 Å². The standard InChI is InChI=1S/C10H9NO2S/c1-13-10(12)9-4-3-8(14-2)5-7(9)6-11/h3-5H,1-2H3. The minimum Gasteiger partial charge on any atom is -0.465 e. The molecule has 0 saturated carbocycles. The quantitative estimate of drug-likeness (QED) is 0.550. The molecule has 1 aromatic rings. The van der Waals surface area contributed by atoms with Gasteiger partial charge in [0, 0.05) is 4.90 Å². The average molecular weight is 207 g/mol. The van der Waals surface area contributed by atoms with Crippen LogP contribution in [0.4, 0.5) is 0 Å². The first-order valence-electron chi connectivity index (χ1n) is 3.89. The second-order valence-electron chi connectivity index (χ2n) is 2.51. The smallest absolute Gasteiger partial charge is 0.339 e. The molecule has 0 atom stereocenters.